The molecule has 104 valence electrons. The smallest absolute Gasteiger partial charge is 0.228 e. The maximum Gasteiger partial charge on any atom is 0.228 e. The fourth-order valence-corrected chi connectivity index (χ4v) is 2.21. The summed E-state index contributed by atoms with van der Waals surface area (Å²) in [6.45, 7) is 0.565. The van der Waals surface area contributed by atoms with Gasteiger partial charge in [-0.1, -0.05) is 34.1 Å². The molecule has 1 amide bonds. The van der Waals surface area contributed by atoms with Crippen molar-refractivity contribution in [2.75, 3.05) is 12.8 Å². The maximum atomic E-state index is 12.2. The Morgan fingerprint density at radius 2 is 2.05 bits per heavy atom. The van der Waals surface area contributed by atoms with Gasteiger partial charge in [0.05, 0.1) is 18.3 Å². The van der Waals surface area contributed by atoms with Crippen molar-refractivity contribution in [3.8, 4) is 0 Å². The van der Waals surface area contributed by atoms with Crippen LogP contribution in [0.5, 0.6) is 0 Å². The van der Waals surface area contributed by atoms with Crippen LogP contribution in [-0.2, 0) is 17.8 Å². The molecule has 0 aliphatic heterocycles. The molecule has 0 fully saturated rings. The summed E-state index contributed by atoms with van der Waals surface area (Å²) in [7, 11) is 1.79. The number of pyridine rings is 1. The van der Waals surface area contributed by atoms with E-state index in [2.05, 4.69) is 20.9 Å². The second-order valence-electron chi connectivity index (χ2n) is 4.60. The molecule has 1 aromatic carbocycles. The summed E-state index contributed by atoms with van der Waals surface area (Å²) in [6, 6.07) is 11.4. The Bertz CT molecular complexity index is 598. The number of aromatic nitrogens is 1. The van der Waals surface area contributed by atoms with Gasteiger partial charge in [-0.15, -0.1) is 0 Å². The Balaban J connectivity index is 1.99. The number of halogens is 1. The maximum absolute atomic E-state index is 12.2. The molecule has 0 aliphatic carbocycles. The van der Waals surface area contributed by atoms with Crippen molar-refractivity contribution < 1.29 is 4.79 Å². The van der Waals surface area contributed by atoms with Crippen molar-refractivity contribution in [1.29, 1.82) is 0 Å². The Labute approximate surface area is 126 Å². The van der Waals surface area contributed by atoms with Gasteiger partial charge in [0, 0.05) is 23.8 Å². The fraction of sp³-hybridized carbons (Fsp3) is 0.200. The van der Waals surface area contributed by atoms with Gasteiger partial charge in [-0.05, 0) is 23.8 Å². The number of likely N-dealkylation sites (N-methyl/N-ethyl adjacent to an activating group) is 1. The highest BCUT2D eigenvalue weighted by atomic mass is 79.9. The third kappa shape index (κ3) is 3.81. The van der Waals surface area contributed by atoms with Crippen molar-refractivity contribution in [3.05, 3.63) is 58.3 Å². The molecule has 0 aliphatic rings. The van der Waals surface area contributed by atoms with Gasteiger partial charge in [-0.25, -0.2) is 0 Å². The van der Waals surface area contributed by atoms with Gasteiger partial charge in [-0.2, -0.15) is 0 Å². The number of hydrogen-bond acceptors (Lipinski definition) is 3. The number of carbonyl (C=O) groups is 1. The van der Waals surface area contributed by atoms with E-state index in [4.69, 9.17) is 5.73 Å². The molecule has 20 heavy (non-hydrogen) atoms. The SMILES string of the molecule is CN(Cc1ccccc1Br)C(=O)Cc1ccc(N)cn1. The van der Waals surface area contributed by atoms with Crippen LogP contribution in [0.2, 0.25) is 0 Å². The van der Waals surface area contributed by atoms with Crippen molar-refractivity contribution in [2.45, 2.75) is 13.0 Å². The van der Waals surface area contributed by atoms with Crippen LogP contribution in [0.1, 0.15) is 11.3 Å². The van der Waals surface area contributed by atoms with E-state index in [1.807, 2.05) is 24.3 Å². The van der Waals surface area contributed by atoms with E-state index in [-0.39, 0.29) is 12.3 Å². The summed E-state index contributed by atoms with van der Waals surface area (Å²) in [5.41, 5.74) is 7.98. The number of nitrogens with zero attached hydrogens (tertiary/aromatic N) is 2. The first-order valence-electron chi connectivity index (χ1n) is 6.24. The number of anilines is 1. The monoisotopic (exact) mass is 333 g/mol. The first-order chi connectivity index (χ1) is 9.56. The van der Waals surface area contributed by atoms with Gasteiger partial charge < -0.3 is 10.6 Å². The minimum atomic E-state index is 0.0259. The Morgan fingerprint density at radius 1 is 1.30 bits per heavy atom. The highest BCUT2D eigenvalue weighted by Crippen LogP contribution is 2.17. The van der Waals surface area contributed by atoms with Crippen LogP contribution < -0.4 is 5.73 Å². The average molecular weight is 334 g/mol. The molecule has 4 nitrogen and oxygen atoms in total. The van der Waals surface area contributed by atoms with Crippen LogP contribution in [-0.4, -0.2) is 22.8 Å². The molecule has 0 saturated heterocycles. The van der Waals surface area contributed by atoms with E-state index in [0.29, 0.717) is 12.2 Å². The van der Waals surface area contributed by atoms with E-state index in [1.165, 1.54) is 0 Å². The average Bonchev–Trinajstić information content (AvgIpc) is 2.44. The summed E-state index contributed by atoms with van der Waals surface area (Å²) < 4.78 is 1.00. The van der Waals surface area contributed by atoms with Crippen molar-refractivity contribution in [3.63, 3.8) is 0 Å². The lowest BCUT2D eigenvalue weighted by atomic mass is 10.2. The van der Waals surface area contributed by atoms with Gasteiger partial charge in [0.25, 0.3) is 0 Å². The van der Waals surface area contributed by atoms with E-state index < -0.39 is 0 Å². The number of benzene rings is 1. The topological polar surface area (TPSA) is 59.2 Å². The zero-order valence-corrected chi connectivity index (χ0v) is 12.8. The van der Waals surface area contributed by atoms with Gasteiger partial charge in [0.1, 0.15) is 0 Å². The van der Waals surface area contributed by atoms with Crippen LogP contribution >= 0.6 is 15.9 Å². The molecule has 0 unspecified atom stereocenters. The van der Waals surface area contributed by atoms with Crippen LogP contribution in [0.25, 0.3) is 0 Å². The standard InChI is InChI=1S/C15H16BrN3O/c1-19(10-11-4-2-3-5-14(11)16)15(20)8-13-7-6-12(17)9-18-13/h2-7,9H,8,10,17H2,1H3. The fourth-order valence-electron chi connectivity index (χ4n) is 1.80. The number of rotatable bonds is 4. The molecule has 0 radical (unpaired) electrons. The molecule has 2 aromatic rings. The zero-order valence-electron chi connectivity index (χ0n) is 11.2. The van der Waals surface area contributed by atoms with Crippen molar-refractivity contribution >= 4 is 27.5 Å². The predicted octanol–water partition coefficient (Wildman–Crippen LogP) is 2.63. The lowest BCUT2D eigenvalue weighted by Crippen LogP contribution is -2.28. The molecule has 0 saturated carbocycles. The molecular weight excluding hydrogens is 318 g/mol. The lowest BCUT2D eigenvalue weighted by Gasteiger charge is -2.18. The van der Waals surface area contributed by atoms with Crippen LogP contribution in [0, 0.1) is 0 Å². The quantitative estimate of drug-likeness (QED) is 0.935. The minimum Gasteiger partial charge on any atom is -0.397 e. The first-order valence-corrected chi connectivity index (χ1v) is 7.03. The lowest BCUT2D eigenvalue weighted by molar-refractivity contribution is -0.129. The largest absolute Gasteiger partial charge is 0.397 e. The second-order valence-corrected chi connectivity index (χ2v) is 5.46. The molecule has 1 aromatic heterocycles. The molecule has 1 heterocycles. The molecule has 0 bridgehead atoms. The van der Waals surface area contributed by atoms with Crippen molar-refractivity contribution in [2.24, 2.45) is 0 Å². The summed E-state index contributed by atoms with van der Waals surface area (Å²) in [5.74, 6) is 0.0259. The predicted molar refractivity (Wildman–Crippen MR) is 83.0 cm³/mol. The number of nitrogen functional groups attached to an aromatic ring is 1. The number of nitrogens with two attached hydrogens (primary N) is 1. The number of carbonyl (C=O) groups excluding carboxylic acids is 1. The van der Waals surface area contributed by atoms with Gasteiger partial charge in [-0.3, -0.25) is 9.78 Å². The summed E-state index contributed by atoms with van der Waals surface area (Å²) in [6.07, 6.45) is 1.84. The van der Waals surface area contributed by atoms with E-state index in [9.17, 15) is 4.79 Å². The second kappa shape index (κ2) is 6.52. The Hall–Kier alpha value is -1.88. The molecular formula is C15H16BrN3O. The summed E-state index contributed by atoms with van der Waals surface area (Å²) >= 11 is 3.48. The van der Waals surface area contributed by atoms with Crippen LogP contribution in [0.3, 0.4) is 0 Å². The van der Waals surface area contributed by atoms with Crippen molar-refractivity contribution in [1.82, 2.24) is 9.88 Å². The number of hydrogen-bond donors (Lipinski definition) is 1. The highest BCUT2D eigenvalue weighted by Gasteiger charge is 2.12. The molecule has 0 spiro atoms. The third-order valence-electron chi connectivity index (χ3n) is 2.97. The molecule has 2 rings (SSSR count). The Kier molecular flexibility index (Phi) is 4.74. The van der Waals surface area contributed by atoms with Crippen LogP contribution in [0.4, 0.5) is 5.69 Å². The normalized spacial score (nSPS) is 10.3. The minimum absolute atomic E-state index is 0.0259. The zero-order chi connectivity index (χ0) is 14.5. The van der Waals surface area contributed by atoms with Crippen LogP contribution in [0.15, 0.2) is 47.1 Å². The summed E-state index contributed by atoms with van der Waals surface area (Å²) in [5, 5.41) is 0. The van der Waals surface area contributed by atoms with E-state index >= 15 is 0 Å². The third-order valence-corrected chi connectivity index (χ3v) is 3.74. The van der Waals surface area contributed by atoms with E-state index in [0.717, 1.165) is 15.7 Å². The van der Waals surface area contributed by atoms with Gasteiger partial charge in [0.2, 0.25) is 5.91 Å². The molecule has 0 atom stereocenters. The van der Waals surface area contributed by atoms with Gasteiger partial charge in [0.15, 0.2) is 0 Å². The highest BCUT2D eigenvalue weighted by molar-refractivity contribution is 9.10. The van der Waals surface area contributed by atoms with Gasteiger partial charge >= 0.3 is 0 Å². The first kappa shape index (κ1) is 14.5. The molecule has 2 N–H and O–H groups in total. The number of amides is 1. The molecule has 5 heteroatoms. The summed E-state index contributed by atoms with van der Waals surface area (Å²) in [4.78, 5) is 18.0. The van der Waals surface area contributed by atoms with E-state index in [1.54, 1.807) is 30.3 Å². The Morgan fingerprint density at radius 3 is 2.70 bits per heavy atom.